The van der Waals surface area contributed by atoms with Gasteiger partial charge in [-0.15, -0.1) is 0 Å². The summed E-state index contributed by atoms with van der Waals surface area (Å²) in [6, 6.07) is 0.676. The monoisotopic (exact) mass is 241 g/mol. The molecule has 0 aromatic carbocycles. The van der Waals surface area contributed by atoms with Crippen molar-refractivity contribution >= 4 is 21.7 Å². The Hall–Kier alpha value is -0.410. The zero-order valence-electron chi connectivity index (χ0n) is 7.53. The number of carbonyl (C=O) groups is 1. The number of halogens is 1. The normalized spacial score (nSPS) is 37.5. The van der Waals surface area contributed by atoms with E-state index in [-0.39, 0.29) is 11.7 Å². The molecule has 1 heterocycles. The van der Waals surface area contributed by atoms with Crippen LogP contribution in [-0.4, -0.2) is 29.8 Å². The van der Waals surface area contributed by atoms with Gasteiger partial charge in [-0.1, -0.05) is 28.1 Å². The number of nitrogens with zero attached hydrogens (tertiary/aromatic N) is 1. The van der Waals surface area contributed by atoms with Crippen molar-refractivity contribution in [2.45, 2.75) is 13.0 Å². The van der Waals surface area contributed by atoms with Gasteiger partial charge in [-0.2, -0.15) is 0 Å². The highest BCUT2D eigenvalue weighted by atomic mass is 79.9. The van der Waals surface area contributed by atoms with E-state index in [0.29, 0.717) is 6.04 Å². The second-order valence-corrected chi connectivity index (χ2v) is 4.62. The van der Waals surface area contributed by atoms with Gasteiger partial charge in [-0.05, 0) is 13.0 Å². The minimum Gasteiger partial charge on any atom is -0.297 e. The van der Waals surface area contributed by atoms with E-state index in [1.807, 2.05) is 12.2 Å². The second kappa shape index (κ2) is 3.39. The predicted octanol–water partition coefficient (Wildman–Crippen LogP) is 1.72. The van der Waals surface area contributed by atoms with Crippen molar-refractivity contribution in [1.29, 1.82) is 0 Å². The second-order valence-electron chi connectivity index (χ2n) is 3.70. The Kier molecular flexibility index (Phi) is 2.39. The lowest BCUT2D eigenvalue weighted by Gasteiger charge is -2.13. The van der Waals surface area contributed by atoms with Crippen LogP contribution in [0.3, 0.4) is 0 Å². The average Bonchev–Trinajstić information content (AvgIpc) is 2.73. The molecule has 13 heavy (non-hydrogen) atoms. The van der Waals surface area contributed by atoms with E-state index in [9.17, 15) is 4.79 Å². The molecular formula is C10H12BrNO. The molecule has 1 saturated heterocycles. The molecule has 3 atom stereocenters. The molecule has 0 spiro atoms. The van der Waals surface area contributed by atoms with E-state index >= 15 is 0 Å². The summed E-state index contributed by atoms with van der Waals surface area (Å²) in [5.41, 5.74) is 0. The summed E-state index contributed by atoms with van der Waals surface area (Å²) in [6.07, 6.45) is 5.61. The van der Waals surface area contributed by atoms with Gasteiger partial charge in [0.05, 0.1) is 5.92 Å². The molecule has 0 saturated carbocycles. The Bertz CT molecular complexity index is 295. The lowest BCUT2D eigenvalue weighted by Crippen LogP contribution is -2.22. The smallest absolute Gasteiger partial charge is 0.164 e. The van der Waals surface area contributed by atoms with Crippen LogP contribution in [0.1, 0.15) is 6.92 Å². The van der Waals surface area contributed by atoms with E-state index < -0.39 is 0 Å². The Morgan fingerprint density at radius 1 is 1.69 bits per heavy atom. The van der Waals surface area contributed by atoms with E-state index in [1.165, 1.54) is 0 Å². The number of rotatable bonds is 2. The molecule has 2 nitrogen and oxygen atoms in total. The van der Waals surface area contributed by atoms with E-state index in [2.05, 4.69) is 27.8 Å². The lowest BCUT2D eigenvalue weighted by atomic mass is 9.99. The van der Waals surface area contributed by atoms with Gasteiger partial charge in [-0.25, -0.2) is 0 Å². The SMILES string of the molecule is CC1CN1CC1C=CC(Br)=CC1=O. The molecule has 3 heteroatoms. The maximum atomic E-state index is 11.5. The first-order valence-electron chi connectivity index (χ1n) is 4.50. The molecule has 2 aliphatic rings. The van der Waals surface area contributed by atoms with Crippen LogP contribution in [0.5, 0.6) is 0 Å². The van der Waals surface area contributed by atoms with Crippen molar-refractivity contribution in [3.8, 4) is 0 Å². The molecular weight excluding hydrogens is 230 g/mol. The number of carbonyl (C=O) groups excluding carboxylic acids is 1. The van der Waals surface area contributed by atoms with Crippen LogP contribution < -0.4 is 0 Å². The molecule has 70 valence electrons. The Balaban J connectivity index is 1.95. The quantitative estimate of drug-likeness (QED) is 0.687. The van der Waals surface area contributed by atoms with E-state index in [1.54, 1.807) is 6.08 Å². The summed E-state index contributed by atoms with van der Waals surface area (Å²) in [7, 11) is 0. The first-order valence-corrected chi connectivity index (χ1v) is 5.29. The fourth-order valence-electron chi connectivity index (χ4n) is 1.54. The third-order valence-electron chi connectivity index (χ3n) is 2.55. The summed E-state index contributed by atoms with van der Waals surface area (Å²) in [5.74, 6) is 0.291. The minimum atomic E-state index is 0.0752. The largest absolute Gasteiger partial charge is 0.297 e. The molecule has 3 unspecified atom stereocenters. The van der Waals surface area contributed by atoms with E-state index in [0.717, 1.165) is 17.6 Å². The summed E-state index contributed by atoms with van der Waals surface area (Å²) < 4.78 is 0.882. The topological polar surface area (TPSA) is 20.1 Å². The van der Waals surface area contributed by atoms with Crippen LogP contribution in [0.15, 0.2) is 22.7 Å². The van der Waals surface area contributed by atoms with Crippen LogP contribution in [0.25, 0.3) is 0 Å². The molecule has 1 aliphatic carbocycles. The van der Waals surface area contributed by atoms with Crippen molar-refractivity contribution in [3.05, 3.63) is 22.7 Å². The zero-order chi connectivity index (χ0) is 9.42. The summed E-state index contributed by atoms with van der Waals surface area (Å²) in [5, 5.41) is 0. The first kappa shape index (κ1) is 9.16. The van der Waals surface area contributed by atoms with Gasteiger partial charge in [0.1, 0.15) is 0 Å². The summed E-state index contributed by atoms with van der Waals surface area (Å²) >= 11 is 3.29. The van der Waals surface area contributed by atoms with Crippen molar-refractivity contribution in [2.24, 2.45) is 5.92 Å². The third kappa shape index (κ3) is 2.09. The Labute approximate surface area is 86.4 Å². The molecule has 0 radical (unpaired) electrons. The van der Waals surface area contributed by atoms with Crippen molar-refractivity contribution in [1.82, 2.24) is 4.90 Å². The van der Waals surface area contributed by atoms with Gasteiger partial charge < -0.3 is 0 Å². The molecule has 1 fully saturated rings. The molecule has 0 N–H and O–H groups in total. The summed E-state index contributed by atoms with van der Waals surface area (Å²) in [6.45, 7) is 4.21. The highest BCUT2D eigenvalue weighted by Gasteiger charge is 2.32. The molecule has 1 aliphatic heterocycles. The maximum Gasteiger partial charge on any atom is 0.164 e. The standard InChI is InChI=1S/C10H12BrNO/c1-7-5-12(7)6-8-2-3-9(11)4-10(8)13/h2-4,7-8H,5-6H2,1H3. The van der Waals surface area contributed by atoms with Gasteiger partial charge in [0.15, 0.2) is 5.78 Å². The third-order valence-corrected chi connectivity index (χ3v) is 3.05. The van der Waals surface area contributed by atoms with Crippen molar-refractivity contribution in [2.75, 3.05) is 13.1 Å². The van der Waals surface area contributed by atoms with Gasteiger partial charge in [0.25, 0.3) is 0 Å². The van der Waals surface area contributed by atoms with Crippen LogP contribution in [0, 0.1) is 5.92 Å². The van der Waals surface area contributed by atoms with Gasteiger partial charge in [-0.3, -0.25) is 9.69 Å². The van der Waals surface area contributed by atoms with Crippen molar-refractivity contribution in [3.63, 3.8) is 0 Å². The minimum absolute atomic E-state index is 0.0752. The summed E-state index contributed by atoms with van der Waals surface area (Å²) in [4.78, 5) is 13.8. The highest BCUT2D eigenvalue weighted by molar-refractivity contribution is 9.11. The average molecular weight is 242 g/mol. The van der Waals surface area contributed by atoms with Gasteiger partial charge in [0, 0.05) is 23.6 Å². The Morgan fingerprint density at radius 2 is 2.38 bits per heavy atom. The fraction of sp³-hybridized carbons (Fsp3) is 0.500. The predicted molar refractivity (Wildman–Crippen MR) is 55.7 cm³/mol. The fourth-order valence-corrected chi connectivity index (χ4v) is 1.92. The molecule has 0 bridgehead atoms. The molecule has 2 rings (SSSR count). The zero-order valence-corrected chi connectivity index (χ0v) is 9.12. The van der Waals surface area contributed by atoms with Gasteiger partial charge in [0.2, 0.25) is 0 Å². The van der Waals surface area contributed by atoms with E-state index in [4.69, 9.17) is 0 Å². The van der Waals surface area contributed by atoms with Crippen LogP contribution in [-0.2, 0) is 4.79 Å². The lowest BCUT2D eigenvalue weighted by molar-refractivity contribution is -0.117. The highest BCUT2D eigenvalue weighted by Crippen LogP contribution is 2.23. The van der Waals surface area contributed by atoms with Crippen LogP contribution in [0.2, 0.25) is 0 Å². The van der Waals surface area contributed by atoms with Gasteiger partial charge >= 0.3 is 0 Å². The molecule has 0 amide bonds. The number of hydrogen-bond acceptors (Lipinski definition) is 2. The number of ketones is 1. The maximum absolute atomic E-state index is 11.5. The number of allylic oxidation sites excluding steroid dienone is 3. The van der Waals surface area contributed by atoms with Crippen molar-refractivity contribution < 1.29 is 4.79 Å². The number of hydrogen-bond donors (Lipinski definition) is 0. The Morgan fingerprint density at radius 3 is 2.92 bits per heavy atom. The van der Waals surface area contributed by atoms with Crippen LogP contribution >= 0.6 is 15.9 Å². The first-order chi connectivity index (χ1) is 6.16. The van der Waals surface area contributed by atoms with Crippen LogP contribution in [0.4, 0.5) is 0 Å². The molecule has 0 aromatic heterocycles. The molecule has 0 aromatic rings.